The van der Waals surface area contributed by atoms with Crippen molar-refractivity contribution in [2.24, 2.45) is 0 Å². The van der Waals surface area contributed by atoms with Gasteiger partial charge in [-0.25, -0.2) is 13.8 Å². The minimum absolute atomic E-state index is 0.000513. The van der Waals surface area contributed by atoms with Crippen molar-refractivity contribution >= 4 is 34.0 Å². The minimum atomic E-state index is -0.947. The Hall–Kier alpha value is -2.32. The van der Waals surface area contributed by atoms with Gasteiger partial charge in [0.15, 0.2) is 16.8 Å². The Bertz CT molecular complexity index is 954. The van der Waals surface area contributed by atoms with E-state index in [0.29, 0.717) is 32.8 Å². The lowest BCUT2D eigenvalue weighted by Gasteiger charge is -2.04. The van der Waals surface area contributed by atoms with E-state index in [1.807, 2.05) is 0 Å². The van der Waals surface area contributed by atoms with Gasteiger partial charge in [0, 0.05) is 10.9 Å². The number of nitrogens with one attached hydrogen (secondary N) is 1. The van der Waals surface area contributed by atoms with Crippen molar-refractivity contribution in [2.75, 3.05) is 5.32 Å². The van der Waals surface area contributed by atoms with Crippen molar-refractivity contribution in [3.63, 3.8) is 0 Å². The second kappa shape index (κ2) is 6.89. The predicted molar refractivity (Wildman–Crippen MR) is 92.8 cm³/mol. The molecule has 0 saturated carbocycles. The third-order valence-electron chi connectivity index (χ3n) is 3.55. The first-order valence-electron chi connectivity index (χ1n) is 7.25. The standard InChI is InChI=1S/C16H13ClF2N4OS/c1-8-15(17)9(2)23(22-8)6-14(24)21-16-20-13(7-25-16)10-3-4-11(18)12(19)5-10/h3-5,7H,6H2,1-2H3,(H,20,21,24). The molecule has 25 heavy (non-hydrogen) atoms. The van der Waals surface area contributed by atoms with Crippen LogP contribution in [0.15, 0.2) is 23.6 Å². The number of hydrogen-bond donors (Lipinski definition) is 1. The molecule has 0 aliphatic heterocycles. The Morgan fingerprint density at radius 1 is 1.32 bits per heavy atom. The number of aryl methyl sites for hydroxylation is 1. The van der Waals surface area contributed by atoms with E-state index in [-0.39, 0.29) is 12.5 Å². The van der Waals surface area contributed by atoms with Crippen LogP contribution in [0.4, 0.5) is 13.9 Å². The zero-order valence-corrected chi connectivity index (χ0v) is 14.9. The fraction of sp³-hybridized carbons (Fsp3) is 0.188. The van der Waals surface area contributed by atoms with Crippen molar-refractivity contribution in [3.8, 4) is 11.3 Å². The van der Waals surface area contributed by atoms with Crippen molar-refractivity contribution in [1.29, 1.82) is 0 Å². The van der Waals surface area contributed by atoms with Gasteiger partial charge in [-0.1, -0.05) is 11.6 Å². The molecule has 0 aliphatic rings. The number of carbonyl (C=O) groups excluding carboxylic acids is 1. The highest BCUT2D eigenvalue weighted by Crippen LogP contribution is 2.26. The van der Waals surface area contributed by atoms with E-state index in [1.54, 1.807) is 19.2 Å². The third-order valence-corrected chi connectivity index (χ3v) is 4.86. The molecule has 0 atom stereocenters. The van der Waals surface area contributed by atoms with E-state index in [9.17, 15) is 13.6 Å². The molecule has 0 unspecified atom stereocenters. The van der Waals surface area contributed by atoms with Crippen LogP contribution in [-0.4, -0.2) is 20.7 Å². The van der Waals surface area contributed by atoms with Crippen LogP contribution < -0.4 is 5.32 Å². The van der Waals surface area contributed by atoms with Crippen LogP contribution >= 0.6 is 22.9 Å². The number of rotatable bonds is 4. The Morgan fingerprint density at radius 2 is 2.08 bits per heavy atom. The van der Waals surface area contributed by atoms with Gasteiger partial charge in [-0.3, -0.25) is 9.48 Å². The lowest BCUT2D eigenvalue weighted by atomic mass is 10.2. The highest BCUT2D eigenvalue weighted by atomic mass is 35.5. The van der Waals surface area contributed by atoms with Gasteiger partial charge in [0.2, 0.25) is 5.91 Å². The molecule has 1 N–H and O–H groups in total. The summed E-state index contributed by atoms with van der Waals surface area (Å²) in [6.45, 7) is 3.54. The van der Waals surface area contributed by atoms with E-state index < -0.39 is 11.6 Å². The first kappa shape index (κ1) is 17.5. The molecule has 3 rings (SSSR count). The van der Waals surface area contributed by atoms with E-state index in [0.717, 1.165) is 12.1 Å². The molecule has 1 aromatic carbocycles. The highest BCUT2D eigenvalue weighted by Gasteiger charge is 2.14. The van der Waals surface area contributed by atoms with Crippen LogP contribution in [0.5, 0.6) is 0 Å². The van der Waals surface area contributed by atoms with Crippen molar-refractivity contribution in [1.82, 2.24) is 14.8 Å². The number of thiazole rings is 1. The number of amides is 1. The van der Waals surface area contributed by atoms with Gasteiger partial charge in [-0.2, -0.15) is 5.10 Å². The fourth-order valence-electron chi connectivity index (χ4n) is 2.24. The molecule has 0 radical (unpaired) electrons. The molecule has 2 aromatic heterocycles. The van der Waals surface area contributed by atoms with E-state index in [4.69, 9.17) is 11.6 Å². The SMILES string of the molecule is Cc1nn(CC(=O)Nc2nc(-c3ccc(F)c(F)c3)cs2)c(C)c1Cl. The number of halogens is 3. The van der Waals surface area contributed by atoms with Crippen molar-refractivity contribution in [3.05, 3.63) is 51.6 Å². The summed E-state index contributed by atoms with van der Waals surface area (Å²) in [5.74, 6) is -2.18. The molecule has 0 saturated heterocycles. The highest BCUT2D eigenvalue weighted by molar-refractivity contribution is 7.14. The molecule has 3 aromatic rings. The second-order valence-electron chi connectivity index (χ2n) is 5.36. The largest absolute Gasteiger partial charge is 0.300 e. The van der Waals surface area contributed by atoms with Gasteiger partial charge >= 0.3 is 0 Å². The predicted octanol–water partition coefficient (Wildman–Crippen LogP) is 4.19. The van der Waals surface area contributed by atoms with Gasteiger partial charge in [0.25, 0.3) is 0 Å². The maximum absolute atomic E-state index is 13.3. The molecule has 9 heteroatoms. The van der Waals surface area contributed by atoms with E-state index in [1.165, 1.54) is 22.1 Å². The van der Waals surface area contributed by atoms with Gasteiger partial charge in [0.05, 0.1) is 22.1 Å². The Labute approximate surface area is 151 Å². The topological polar surface area (TPSA) is 59.8 Å². The third kappa shape index (κ3) is 3.69. The summed E-state index contributed by atoms with van der Waals surface area (Å²) in [7, 11) is 0. The summed E-state index contributed by atoms with van der Waals surface area (Å²) in [6.07, 6.45) is 0. The normalized spacial score (nSPS) is 10.9. The Kier molecular flexibility index (Phi) is 4.82. The number of nitrogens with zero attached hydrogens (tertiary/aromatic N) is 3. The average molecular weight is 383 g/mol. The van der Waals surface area contributed by atoms with Crippen LogP contribution in [0.1, 0.15) is 11.4 Å². The minimum Gasteiger partial charge on any atom is -0.300 e. The van der Waals surface area contributed by atoms with Crippen molar-refractivity contribution < 1.29 is 13.6 Å². The maximum atomic E-state index is 13.3. The molecule has 1 amide bonds. The molecule has 0 fully saturated rings. The molecule has 2 heterocycles. The van der Waals surface area contributed by atoms with Crippen molar-refractivity contribution in [2.45, 2.75) is 20.4 Å². The van der Waals surface area contributed by atoms with Gasteiger partial charge < -0.3 is 5.32 Å². The molecule has 0 bridgehead atoms. The lowest BCUT2D eigenvalue weighted by Crippen LogP contribution is -2.20. The summed E-state index contributed by atoms with van der Waals surface area (Å²) in [5.41, 5.74) is 2.24. The Morgan fingerprint density at radius 3 is 2.72 bits per heavy atom. The first-order chi connectivity index (χ1) is 11.8. The lowest BCUT2D eigenvalue weighted by molar-refractivity contribution is -0.116. The average Bonchev–Trinajstić information content (AvgIpc) is 3.11. The van der Waals surface area contributed by atoms with E-state index >= 15 is 0 Å². The van der Waals surface area contributed by atoms with Crippen LogP contribution in [0, 0.1) is 25.5 Å². The summed E-state index contributed by atoms with van der Waals surface area (Å²) in [4.78, 5) is 16.4. The van der Waals surface area contributed by atoms with Gasteiger partial charge in [0.1, 0.15) is 6.54 Å². The Balaban J connectivity index is 1.71. The summed E-state index contributed by atoms with van der Waals surface area (Å²) < 4.78 is 27.8. The van der Waals surface area contributed by atoms with E-state index in [2.05, 4.69) is 15.4 Å². The number of anilines is 1. The summed E-state index contributed by atoms with van der Waals surface area (Å²) >= 11 is 7.25. The molecule has 5 nitrogen and oxygen atoms in total. The summed E-state index contributed by atoms with van der Waals surface area (Å²) in [6, 6.07) is 3.53. The first-order valence-corrected chi connectivity index (χ1v) is 8.51. The number of hydrogen-bond acceptors (Lipinski definition) is 4. The van der Waals surface area contributed by atoms with Crippen LogP contribution in [0.25, 0.3) is 11.3 Å². The second-order valence-corrected chi connectivity index (χ2v) is 6.59. The van der Waals surface area contributed by atoms with Crippen LogP contribution in [-0.2, 0) is 11.3 Å². The molecular formula is C16H13ClF2N4OS. The number of benzene rings is 1. The van der Waals surface area contributed by atoms with Crippen LogP contribution in [0.3, 0.4) is 0 Å². The fourth-order valence-corrected chi connectivity index (χ4v) is 3.11. The molecule has 130 valence electrons. The van der Waals surface area contributed by atoms with Gasteiger partial charge in [-0.15, -0.1) is 11.3 Å². The summed E-state index contributed by atoms with van der Waals surface area (Å²) in [5, 5.41) is 9.40. The number of carbonyl (C=O) groups is 1. The molecule has 0 aliphatic carbocycles. The zero-order chi connectivity index (χ0) is 18.1. The molecule has 0 spiro atoms. The van der Waals surface area contributed by atoms with Crippen LogP contribution in [0.2, 0.25) is 5.02 Å². The molecular weight excluding hydrogens is 370 g/mol. The number of aromatic nitrogens is 3. The quantitative estimate of drug-likeness (QED) is 0.735. The smallest absolute Gasteiger partial charge is 0.247 e. The van der Waals surface area contributed by atoms with Gasteiger partial charge in [-0.05, 0) is 32.0 Å². The maximum Gasteiger partial charge on any atom is 0.247 e. The monoisotopic (exact) mass is 382 g/mol. The zero-order valence-electron chi connectivity index (χ0n) is 13.3.